The van der Waals surface area contributed by atoms with Crippen molar-refractivity contribution in [2.24, 2.45) is 0 Å². The molecular formula is C15H17Cl2NO. The number of furan rings is 1. The van der Waals surface area contributed by atoms with Gasteiger partial charge in [-0.05, 0) is 43.1 Å². The fourth-order valence-corrected chi connectivity index (χ4v) is 2.40. The van der Waals surface area contributed by atoms with Crippen molar-refractivity contribution in [3.8, 4) is 0 Å². The second-order valence-electron chi connectivity index (χ2n) is 4.44. The second kappa shape index (κ2) is 6.99. The van der Waals surface area contributed by atoms with E-state index in [1.807, 2.05) is 24.3 Å². The fraction of sp³-hybridized carbons (Fsp3) is 0.333. The minimum atomic E-state index is 0.117. The molecule has 0 amide bonds. The van der Waals surface area contributed by atoms with Crippen LogP contribution in [0.3, 0.4) is 0 Å². The van der Waals surface area contributed by atoms with E-state index in [1.54, 1.807) is 12.3 Å². The van der Waals surface area contributed by atoms with E-state index in [0.29, 0.717) is 10.0 Å². The molecule has 4 heteroatoms. The normalized spacial score (nSPS) is 12.6. The Morgan fingerprint density at radius 2 is 2.05 bits per heavy atom. The maximum Gasteiger partial charge on any atom is 0.121 e. The van der Waals surface area contributed by atoms with Gasteiger partial charge in [-0.15, -0.1) is 0 Å². The summed E-state index contributed by atoms with van der Waals surface area (Å²) in [5.74, 6) is 0.921. The highest BCUT2D eigenvalue weighted by atomic mass is 35.5. The molecule has 1 N–H and O–H groups in total. The molecule has 2 aromatic rings. The number of rotatable bonds is 6. The van der Waals surface area contributed by atoms with Gasteiger partial charge in [0.05, 0.1) is 22.4 Å². The largest absolute Gasteiger partial charge is 0.468 e. The molecule has 0 aliphatic heterocycles. The van der Waals surface area contributed by atoms with Crippen molar-refractivity contribution >= 4 is 23.2 Å². The highest BCUT2D eigenvalue weighted by Gasteiger charge is 2.16. The van der Waals surface area contributed by atoms with Gasteiger partial charge in [0.2, 0.25) is 0 Å². The van der Waals surface area contributed by atoms with Crippen LogP contribution in [0.1, 0.15) is 30.7 Å². The van der Waals surface area contributed by atoms with Crippen LogP contribution in [0, 0.1) is 0 Å². The lowest BCUT2D eigenvalue weighted by Gasteiger charge is -2.17. The van der Waals surface area contributed by atoms with E-state index in [2.05, 4.69) is 12.2 Å². The maximum atomic E-state index is 6.24. The smallest absolute Gasteiger partial charge is 0.121 e. The first-order valence-electron chi connectivity index (χ1n) is 6.42. The Bertz CT molecular complexity index is 511. The third-order valence-electron chi connectivity index (χ3n) is 2.98. The van der Waals surface area contributed by atoms with Crippen LogP contribution in [0.25, 0.3) is 0 Å². The van der Waals surface area contributed by atoms with Gasteiger partial charge in [0.25, 0.3) is 0 Å². The highest BCUT2D eigenvalue weighted by Crippen LogP contribution is 2.29. The first-order chi connectivity index (χ1) is 9.22. The Kier molecular flexibility index (Phi) is 5.32. The predicted octanol–water partition coefficient (Wildman–Crippen LogP) is 4.87. The van der Waals surface area contributed by atoms with E-state index >= 15 is 0 Å². The molecule has 0 saturated carbocycles. The number of halogens is 2. The molecule has 2 nitrogen and oxygen atoms in total. The molecule has 0 spiro atoms. The molecule has 0 aliphatic carbocycles. The van der Waals surface area contributed by atoms with Crippen LogP contribution in [-0.4, -0.2) is 6.54 Å². The van der Waals surface area contributed by atoms with E-state index in [-0.39, 0.29) is 6.04 Å². The van der Waals surface area contributed by atoms with Gasteiger partial charge >= 0.3 is 0 Å². The fourth-order valence-electron chi connectivity index (χ4n) is 2.01. The van der Waals surface area contributed by atoms with Crippen molar-refractivity contribution in [2.45, 2.75) is 25.8 Å². The lowest BCUT2D eigenvalue weighted by molar-refractivity contribution is 0.410. The zero-order valence-corrected chi connectivity index (χ0v) is 12.3. The van der Waals surface area contributed by atoms with E-state index in [0.717, 1.165) is 30.7 Å². The van der Waals surface area contributed by atoms with Crippen molar-refractivity contribution in [2.75, 3.05) is 6.54 Å². The molecule has 1 heterocycles. The van der Waals surface area contributed by atoms with Gasteiger partial charge in [-0.1, -0.05) is 42.3 Å². The molecule has 1 unspecified atom stereocenters. The molecule has 0 aliphatic rings. The molecule has 19 heavy (non-hydrogen) atoms. The number of hydrogen-bond acceptors (Lipinski definition) is 2. The molecule has 1 aromatic heterocycles. The minimum Gasteiger partial charge on any atom is -0.468 e. The summed E-state index contributed by atoms with van der Waals surface area (Å²) in [5.41, 5.74) is 1.03. The van der Waals surface area contributed by atoms with Gasteiger partial charge in [-0.2, -0.15) is 0 Å². The SMILES string of the molecule is CCCNC(Cc1cccc(Cl)c1Cl)c1ccco1. The minimum absolute atomic E-state index is 0.117. The average Bonchev–Trinajstić information content (AvgIpc) is 2.93. The third kappa shape index (κ3) is 3.75. The van der Waals surface area contributed by atoms with E-state index in [1.165, 1.54) is 0 Å². The van der Waals surface area contributed by atoms with E-state index in [9.17, 15) is 0 Å². The molecule has 1 atom stereocenters. The van der Waals surface area contributed by atoms with Crippen LogP contribution < -0.4 is 5.32 Å². The Morgan fingerprint density at radius 3 is 2.74 bits per heavy atom. The van der Waals surface area contributed by atoms with Gasteiger partial charge in [0, 0.05) is 0 Å². The summed E-state index contributed by atoms with van der Waals surface area (Å²) < 4.78 is 5.50. The van der Waals surface area contributed by atoms with Crippen LogP contribution in [0.15, 0.2) is 41.0 Å². The standard InChI is InChI=1S/C15H17Cl2NO/c1-2-8-18-13(14-7-4-9-19-14)10-11-5-3-6-12(16)15(11)17/h3-7,9,13,18H,2,8,10H2,1H3. The molecule has 1 aromatic carbocycles. The van der Waals surface area contributed by atoms with Crippen LogP contribution in [0.5, 0.6) is 0 Å². The van der Waals surface area contributed by atoms with Crippen LogP contribution in [0.4, 0.5) is 0 Å². The van der Waals surface area contributed by atoms with Gasteiger partial charge in [0.15, 0.2) is 0 Å². The summed E-state index contributed by atoms with van der Waals surface area (Å²) in [6.07, 6.45) is 3.52. The first-order valence-corrected chi connectivity index (χ1v) is 7.17. The number of benzene rings is 1. The molecular weight excluding hydrogens is 281 g/mol. The summed E-state index contributed by atoms with van der Waals surface area (Å²) in [5, 5.41) is 4.69. The van der Waals surface area contributed by atoms with Crippen molar-refractivity contribution in [3.05, 3.63) is 58.0 Å². The molecule has 0 saturated heterocycles. The van der Waals surface area contributed by atoms with E-state index in [4.69, 9.17) is 27.6 Å². The summed E-state index contributed by atoms with van der Waals surface area (Å²) in [7, 11) is 0. The van der Waals surface area contributed by atoms with Crippen LogP contribution >= 0.6 is 23.2 Å². The lowest BCUT2D eigenvalue weighted by Crippen LogP contribution is -2.23. The van der Waals surface area contributed by atoms with Crippen LogP contribution in [-0.2, 0) is 6.42 Å². The second-order valence-corrected chi connectivity index (χ2v) is 5.22. The highest BCUT2D eigenvalue weighted by molar-refractivity contribution is 6.42. The van der Waals surface area contributed by atoms with Gasteiger partial charge in [0.1, 0.15) is 5.76 Å². The number of hydrogen-bond donors (Lipinski definition) is 1. The maximum absolute atomic E-state index is 6.24. The summed E-state index contributed by atoms with van der Waals surface area (Å²) in [4.78, 5) is 0. The van der Waals surface area contributed by atoms with Gasteiger partial charge < -0.3 is 9.73 Å². The summed E-state index contributed by atoms with van der Waals surface area (Å²) in [6.45, 7) is 3.07. The average molecular weight is 298 g/mol. The summed E-state index contributed by atoms with van der Waals surface area (Å²) in [6, 6.07) is 9.71. The quantitative estimate of drug-likeness (QED) is 0.823. The van der Waals surface area contributed by atoms with Crippen LogP contribution in [0.2, 0.25) is 10.0 Å². The topological polar surface area (TPSA) is 25.2 Å². The van der Waals surface area contributed by atoms with Gasteiger partial charge in [-0.25, -0.2) is 0 Å². The monoisotopic (exact) mass is 297 g/mol. The Morgan fingerprint density at radius 1 is 1.21 bits per heavy atom. The Balaban J connectivity index is 2.18. The molecule has 0 fully saturated rings. The molecule has 0 radical (unpaired) electrons. The van der Waals surface area contributed by atoms with Crippen molar-refractivity contribution < 1.29 is 4.42 Å². The molecule has 2 rings (SSSR count). The zero-order chi connectivity index (χ0) is 13.7. The lowest BCUT2D eigenvalue weighted by atomic mass is 10.0. The van der Waals surface area contributed by atoms with Crippen molar-refractivity contribution in [1.82, 2.24) is 5.32 Å². The molecule has 102 valence electrons. The van der Waals surface area contributed by atoms with Crippen molar-refractivity contribution in [1.29, 1.82) is 0 Å². The van der Waals surface area contributed by atoms with E-state index < -0.39 is 0 Å². The predicted molar refractivity (Wildman–Crippen MR) is 79.9 cm³/mol. The van der Waals surface area contributed by atoms with Crippen molar-refractivity contribution in [3.63, 3.8) is 0 Å². The third-order valence-corrected chi connectivity index (χ3v) is 3.84. The number of nitrogens with one attached hydrogen (secondary N) is 1. The summed E-state index contributed by atoms with van der Waals surface area (Å²) >= 11 is 12.3. The Hall–Kier alpha value is -0.960. The Labute approximate surface area is 123 Å². The van der Waals surface area contributed by atoms with Gasteiger partial charge in [-0.3, -0.25) is 0 Å². The zero-order valence-electron chi connectivity index (χ0n) is 10.8. The molecule has 0 bridgehead atoms. The first kappa shape index (κ1) is 14.4.